The summed E-state index contributed by atoms with van der Waals surface area (Å²) in [5.41, 5.74) is 7.52. The third-order valence-electron chi connectivity index (χ3n) is 2.74. The van der Waals surface area contributed by atoms with Gasteiger partial charge in [0.15, 0.2) is 0 Å². The molecule has 0 aromatic rings. The summed E-state index contributed by atoms with van der Waals surface area (Å²) in [5, 5.41) is 0. The molecule has 2 rings (SSSR count). The summed E-state index contributed by atoms with van der Waals surface area (Å²) in [7, 11) is 0. The van der Waals surface area contributed by atoms with Crippen LogP contribution in [0.4, 0.5) is 0 Å². The fourth-order valence-corrected chi connectivity index (χ4v) is 2.24. The molecule has 2 bridgehead atoms. The van der Waals surface area contributed by atoms with Gasteiger partial charge >= 0.3 is 0 Å². The molecule has 1 radical (unpaired) electrons. The van der Waals surface area contributed by atoms with Gasteiger partial charge in [-0.1, -0.05) is 6.42 Å². The molecule has 0 aliphatic heterocycles. The van der Waals surface area contributed by atoms with Crippen molar-refractivity contribution in [2.75, 3.05) is 0 Å². The van der Waals surface area contributed by atoms with Gasteiger partial charge in [-0.25, -0.2) is 0 Å². The molecular formula is C7H12N. The molecule has 1 nitrogen and oxygen atoms in total. The maximum Gasteiger partial charge on any atom is 0.0244 e. The summed E-state index contributed by atoms with van der Waals surface area (Å²) in [6.07, 6.45) is 5.39. The first-order valence-corrected chi connectivity index (χ1v) is 3.57. The SMILES string of the molecule is [NH][C@H]1CC2CCC1C2. The number of fused-ring (bicyclic) bond motifs is 2. The molecule has 2 unspecified atom stereocenters. The predicted octanol–water partition coefficient (Wildman–Crippen LogP) is 1.46. The lowest BCUT2D eigenvalue weighted by Gasteiger charge is -2.14. The van der Waals surface area contributed by atoms with Crippen LogP contribution in [0.3, 0.4) is 0 Å². The van der Waals surface area contributed by atoms with E-state index in [-0.39, 0.29) is 0 Å². The van der Waals surface area contributed by atoms with Gasteiger partial charge in [0.25, 0.3) is 0 Å². The van der Waals surface area contributed by atoms with E-state index >= 15 is 0 Å². The van der Waals surface area contributed by atoms with Gasteiger partial charge in [0, 0.05) is 6.04 Å². The van der Waals surface area contributed by atoms with Gasteiger partial charge in [-0.15, -0.1) is 0 Å². The topological polar surface area (TPSA) is 23.8 Å². The van der Waals surface area contributed by atoms with E-state index in [1.165, 1.54) is 25.7 Å². The summed E-state index contributed by atoms with van der Waals surface area (Å²) in [6.45, 7) is 0. The molecule has 0 amide bonds. The van der Waals surface area contributed by atoms with Crippen molar-refractivity contribution in [1.82, 2.24) is 5.73 Å². The van der Waals surface area contributed by atoms with Crippen molar-refractivity contribution >= 4 is 0 Å². The van der Waals surface area contributed by atoms with Crippen molar-refractivity contribution in [3.63, 3.8) is 0 Å². The molecule has 2 fully saturated rings. The second-order valence-electron chi connectivity index (χ2n) is 3.28. The summed E-state index contributed by atoms with van der Waals surface area (Å²) in [4.78, 5) is 0. The van der Waals surface area contributed by atoms with Gasteiger partial charge < -0.3 is 0 Å². The van der Waals surface area contributed by atoms with E-state index in [9.17, 15) is 0 Å². The van der Waals surface area contributed by atoms with Crippen molar-refractivity contribution in [2.45, 2.75) is 31.7 Å². The maximum atomic E-state index is 7.52. The fourth-order valence-electron chi connectivity index (χ4n) is 2.24. The lowest BCUT2D eigenvalue weighted by Crippen LogP contribution is -2.16. The first kappa shape index (κ1) is 4.80. The van der Waals surface area contributed by atoms with Crippen LogP contribution in [0.15, 0.2) is 0 Å². The van der Waals surface area contributed by atoms with E-state index in [4.69, 9.17) is 5.73 Å². The Morgan fingerprint density at radius 2 is 2.00 bits per heavy atom. The quantitative estimate of drug-likeness (QED) is 0.451. The van der Waals surface area contributed by atoms with Crippen LogP contribution in [-0.2, 0) is 0 Å². The van der Waals surface area contributed by atoms with Crippen LogP contribution in [-0.4, -0.2) is 6.04 Å². The summed E-state index contributed by atoms with van der Waals surface area (Å²) in [5.74, 6) is 1.77. The number of hydrogen-bond donors (Lipinski definition) is 0. The third-order valence-corrected chi connectivity index (χ3v) is 2.74. The standard InChI is InChI=1S/C7H12N/c8-7-4-5-1-2-6(7)3-5/h5-8H,1-4H2/t5?,6?,7-/m0/s1. The monoisotopic (exact) mass is 110 g/mol. The average molecular weight is 110 g/mol. The first-order valence-electron chi connectivity index (χ1n) is 3.57. The van der Waals surface area contributed by atoms with Crippen molar-refractivity contribution < 1.29 is 0 Å². The van der Waals surface area contributed by atoms with Gasteiger partial charge in [0.1, 0.15) is 0 Å². The molecule has 0 aromatic carbocycles. The largest absolute Gasteiger partial charge is 0.254 e. The van der Waals surface area contributed by atoms with Crippen LogP contribution < -0.4 is 5.73 Å². The Balaban J connectivity index is 2.11. The number of nitrogens with one attached hydrogen (secondary N) is 1. The lowest BCUT2D eigenvalue weighted by molar-refractivity contribution is 0.409. The highest BCUT2D eigenvalue weighted by molar-refractivity contribution is 4.91. The number of hydrogen-bond acceptors (Lipinski definition) is 0. The second-order valence-corrected chi connectivity index (χ2v) is 3.28. The lowest BCUT2D eigenvalue weighted by atomic mass is 9.96. The van der Waals surface area contributed by atoms with Crippen LogP contribution in [0.2, 0.25) is 0 Å². The van der Waals surface area contributed by atoms with Gasteiger partial charge in [0.2, 0.25) is 0 Å². The average Bonchev–Trinajstić information content (AvgIpc) is 2.23. The smallest absolute Gasteiger partial charge is 0.0244 e. The summed E-state index contributed by atoms with van der Waals surface area (Å²) >= 11 is 0. The normalized spacial score (nSPS) is 52.9. The highest BCUT2D eigenvalue weighted by Gasteiger charge is 2.37. The van der Waals surface area contributed by atoms with E-state index in [0.29, 0.717) is 6.04 Å². The van der Waals surface area contributed by atoms with Gasteiger partial charge in [0.05, 0.1) is 0 Å². The molecule has 0 heterocycles. The van der Waals surface area contributed by atoms with E-state index in [1.54, 1.807) is 0 Å². The Labute approximate surface area is 50.3 Å². The second kappa shape index (κ2) is 1.47. The Bertz CT molecular complexity index is 98.6. The highest BCUT2D eigenvalue weighted by Crippen LogP contribution is 2.43. The molecule has 2 saturated carbocycles. The third kappa shape index (κ3) is 0.510. The molecule has 2 aliphatic rings. The van der Waals surface area contributed by atoms with E-state index in [1.807, 2.05) is 0 Å². The molecule has 3 atom stereocenters. The minimum absolute atomic E-state index is 0.328. The minimum Gasteiger partial charge on any atom is -0.254 e. The van der Waals surface area contributed by atoms with Gasteiger partial charge in [-0.2, -0.15) is 0 Å². The minimum atomic E-state index is 0.328. The van der Waals surface area contributed by atoms with Crippen molar-refractivity contribution in [2.24, 2.45) is 11.8 Å². The molecule has 0 saturated heterocycles. The molecule has 1 N–H and O–H groups in total. The molecule has 0 spiro atoms. The molecule has 45 valence electrons. The van der Waals surface area contributed by atoms with E-state index < -0.39 is 0 Å². The van der Waals surface area contributed by atoms with E-state index in [2.05, 4.69) is 0 Å². The van der Waals surface area contributed by atoms with Crippen molar-refractivity contribution in [3.05, 3.63) is 0 Å². The van der Waals surface area contributed by atoms with Gasteiger partial charge in [-0.05, 0) is 31.1 Å². The van der Waals surface area contributed by atoms with Crippen LogP contribution in [0.1, 0.15) is 25.7 Å². The van der Waals surface area contributed by atoms with Crippen LogP contribution in [0.5, 0.6) is 0 Å². The van der Waals surface area contributed by atoms with Gasteiger partial charge in [-0.3, -0.25) is 5.73 Å². The zero-order chi connectivity index (χ0) is 5.56. The Kier molecular flexibility index (Phi) is 0.884. The summed E-state index contributed by atoms with van der Waals surface area (Å²) in [6, 6.07) is 0.328. The summed E-state index contributed by atoms with van der Waals surface area (Å²) < 4.78 is 0. The first-order chi connectivity index (χ1) is 3.86. The molecular weight excluding hydrogens is 98.1 g/mol. The van der Waals surface area contributed by atoms with Crippen molar-refractivity contribution in [3.8, 4) is 0 Å². The fraction of sp³-hybridized carbons (Fsp3) is 1.00. The molecule has 2 aliphatic carbocycles. The van der Waals surface area contributed by atoms with Crippen LogP contribution >= 0.6 is 0 Å². The highest BCUT2D eigenvalue weighted by atomic mass is 14.7. The maximum absolute atomic E-state index is 7.52. The zero-order valence-electron chi connectivity index (χ0n) is 5.06. The molecule has 1 heteroatoms. The predicted molar refractivity (Wildman–Crippen MR) is 32.3 cm³/mol. The Hall–Kier alpha value is -0.0400. The zero-order valence-corrected chi connectivity index (χ0v) is 5.06. The van der Waals surface area contributed by atoms with E-state index in [0.717, 1.165) is 11.8 Å². The Morgan fingerprint density at radius 3 is 2.25 bits per heavy atom. The van der Waals surface area contributed by atoms with Crippen LogP contribution in [0.25, 0.3) is 0 Å². The van der Waals surface area contributed by atoms with Crippen LogP contribution in [0, 0.1) is 11.8 Å². The molecule has 0 aromatic heterocycles. The Morgan fingerprint density at radius 1 is 1.12 bits per heavy atom. The molecule has 8 heavy (non-hydrogen) atoms. The van der Waals surface area contributed by atoms with Crippen molar-refractivity contribution in [1.29, 1.82) is 0 Å². The number of rotatable bonds is 0.